The van der Waals surface area contributed by atoms with Crippen LogP contribution in [0.3, 0.4) is 0 Å². The average molecular weight is 357 g/mol. The fourth-order valence-corrected chi connectivity index (χ4v) is 1.99. The molecule has 7 heteroatoms. The molecular formula is C11H12IN5O. The highest BCUT2D eigenvalue weighted by Crippen LogP contribution is 2.11. The van der Waals surface area contributed by atoms with Gasteiger partial charge in [-0.3, -0.25) is 9.36 Å². The van der Waals surface area contributed by atoms with E-state index in [-0.39, 0.29) is 5.56 Å². The van der Waals surface area contributed by atoms with E-state index in [1.54, 1.807) is 12.3 Å². The Morgan fingerprint density at radius 3 is 3.00 bits per heavy atom. The Balaban J connectivity index is 2.41. The molecule has 0 saturated carbocycles. The predicted molar refractivity (Wildman–Crippen MR) is 77.1 cm³/mol. The van der Waals surface area contributed by atoms with E-state index in [1.165, 1.54) is 10.9 Å². The Labute approximate surface area is 117 Å². The first kappa shape index (κ1) is 13.0. The minimum atomic E-state index is -0.0603. The van der Waals surface area contributed by atoms with Crippen molar-refractivity contribution in [3.05, 3.63) is 49.8 Å². The van der Waals surface area contributed by atoms with E-state index < -0.39 is 0 Å². The largest absolute Gasteiger partial charge is 0.308 e. The molecule has 6 nitrogen and oxygen atoms in total. The zero-order valence-electron chi connectivity index (χ0n) is 9.72. The third kappa shape index (κ3) is 2.51. The summed E-state index contributed by atoms with van der Waals surface area (Å²) in [6.45, 7) is 2.19. The number of hydrazine groups is 1. The third-order valence-electron chi connectivity index (χ3n) is 2.53. The van der Waals surface area contributed by atoms with Gasteiger partial charge in [0.1, 0.15) is 5.82 Å². The van der Waals surface area contributed by atoms with Crippen molar-refractivity contribution in [3.8, 4) is 0 Å². The molecule has 0 saturated heterocycles. The van der Waals surface area contributed by atoms with Gasteiger partial charge < -0.3 is 5.43 Å². The van der Waals surface area contributed by atoms with Gasteiger partial charge in [-0.25, -0.2) is 15.8 Å². The van der Waals surface area contributed by atoms with E-state index >= 15 is 0 Å². The number of nitrogens with zero attached hydrogens (tertiary/aromatic N) is 3. The number of aryl methyl sites for hydroxylation is 1. The van der Waals surface area contributed by atoms with Gasteiger partial charge in [0, 0.05) is 11.8 Å². The summed E-state index contributed by atoms with van der Waals surface area (Å²) in [5.74, 6) is 5.93. The number of nitrogen functional groups attached to an aromatic ring is 1. The molecule has 0 fully saturated rings. The normalized spacial score (nSPS) is 10.4. The van der Waals surface area contributed by atoms with Gasteiger partial charge in [-0.15, -0.1) is 0 Å². The first-order valence-corrected chi connectivity index (χ1v) is 6.33. The molecule has 0 atom stereocenters. The molecule has 0 aliphatic carbocycles. The molecular weight excluding hydrogens is 345 g/mol. The number of rotatable bonds is 3. The molecule has 18 heavy (non-hydrogen) atoms. The summed E-state index contributed by atoms with van der Waals surface area (Å²) in [6.07, 6.45) is 3.17. The van der Waals surface area contributed by atoms with Gasteiger partial charge in [0.05, 0.1) is 22.1 Å². The third-order valence-corrected chi connectivity index (χ3v) is 3.77. The molecule has 0 unspecified atom stereocenters. The van der Waals surface area contributed by atoms with Crippen LogP contribution in [-0.4, -0.2) is 14.5 Å². The maximum atomic E-state index is 12.0. The van der Waals surface area contributed by atoms with Gasteiger partial charge >= 0.3 is 0 Å². The molecule has 0 amide bonds. The molecule has 0 spiro atoms. The highest BCUT2D eigenvalue weighted by atomic mass is 127. The monoisotopic (exact) mass is 357 g/mol. The van der Waals surface area contributed by atoms with Gasteiger partial charge in [0.25, 0.3) is 5.56 Å². The topological polar surface area (TPSA) is 85.8 Å². The van der Waals surface area contributed by atoms with Gasteiger partial charge in [-0.1, -0.05) is 6.07 Å². The van der Waals surface area contributed by atoms with Crippen LogP contribution in [0.25, 0.3) is 0 Å². The van der Waals surface area contributed by atoms with Crippen molar-refractivity contribution >= 4 is 28.4 Å². The van der Waals surface area contributed by atoms with Crippen molar-refractivity contribution < 1.29 is 0 Å². The van der Waals surface area contributed by atoms with E-state index in [9.17, 15) is 4.79 Å². The maximum absolute atomic E-state index is 12.0. The highest BCUT2D eigenvalue weighted by molar-refractivity contribution is 14.1. The zero-order chi connectivity index (χ0) is 13.1. The quantitative estimate of drug-likeness (QED) is 0.484. The second kappa shape index (κ2) is 5.44. The Hall–Kier alpha value is -1.48. The second-order valence-corrected chi connectivity index (χ2v) is 4.81. The van der Waals surface area contributed by atoms with E-state index in [2.05, 4.69) is 15.4 Å². The number of hydrogen-bond donors (Lipinski definition) is 2. The fourth-order valence-electron chi connectivity index (χ4n) is 1.54. The van der Waals surface area contributed by atoms with Gasteiger partial charge in [-0.2, -0.15) is 0 Å². The number of nitrogens with one attached hydrogen (secondary N) is 1. The molecule has 0 aliphatic rings. The van der Waals surface area contributed by atoms with Crippen molar-refractivity contribution in [2.24, 2.45) is 5.84 Å². The van der Waals surface area contributed by atoms with Gasteiger partial charge in [0.2, 0.25) is 0 Å². The zero-order valence-corrected chi connectivity index (χ0v) is 11.9. The number of halogens is 1. The van der Waals surface area contributed by atoms with Crippen LogP contribution >= 0.6 is 22.6 Å². The Morgan fingerprint density at radius 1 is 1.50 bits per heavy atom. The molecule has 2 rings (SSSR count). The lowest BCUT2D eigenvalue weighted by Crippen LogP contribution is -2.25. The lowest BCUT2D eigenvalue weighted by molar-refractivity contribution is 0.722. The van der Waals surface area contributed by atoms with Crippen LogP contribution in [-0.2, 0) is 6.54 Å². The molecule has 3 N–H and O–H groups in total. The molecule has 2 aromatic rings. The number of pyridine rings is 1. The number of aromatic nitrogens is 3. The van der Waals surface area contributed by atoms with Crippen LogP contribution in [0.1, 0.15) is 11.3 Å². The van der Waals surface area contributed by atoms with Crippen molar-refractivity contribution in [2.75, 3.05) is 5.43 Å². The van der Waals surface area contributed by atoms with Crippen LogP contribution in [0.15, 0.2) is 29.5 Å². The summed E-state index contributed by atoms with van der Waals surface area (Å²) in [5.41, 5.74) is 4.03. The minimum Gasteiger partial charge on any atom is -0.308 e. The first-order chi connectivity index (χ1) is 8.63. The molecule has 0 aromatic carbocycles. The molecule has 2 aromatic heterocycles. The molecule has 0 aliphatic heterocycles. The summed E-state index contributed by atoms with van der Waals surface area (Å²) in [4.78, 5) is 20.3. The van der Waals surface area contributed by atoms with Gasteiger partial charge in [-0.05, 0) is 35.6 Å². The Bertz CT molecular complexity index is 625. The minimum absolute atomic E-state index is 0.0603. The van der Waals surface area contributed by atoms with E-state index in [1.807, 2.05) is 35.6 Å². The summed E-state index contributed by atoms with van der Waals surface area (Å²) in [7, 11) is 0. The number of nitrogens with two attached hydrogens (primary N) is 1. The van der Waals surface area contributed by atoms with E-state index in [0.29, 0.717) is 15.9 Å². The standard InChI is InChI=1S/C11H12IN5O/c1-7-9(12)11(18)17(6-15-7)5-8-3-2-4-14-10(8)16-13/h2-4,6H,5,13H2,1H3,(H,14,16). The van der Waals surface area contributed by atoms with Gasteiger partial charge in [0.15, 0.2) is 0 Å². The summed E-state index contributed by atoms with van der Waals surface area (Å²) >= 11 is 2.00. The molecule has 2 heterocycles. The molecule has 0 radical (unpaired) electrons. The van der Waals surface area contributed by atoms with Crippen LogP contribution in [0.4, 0.5) is 5.82 Å². The predicted octanol–water partition coefficient (Wildman–Crippen LogP) is 0.885. The Kier molecular flexibility index (Phi) is 3.92. The maximum Gasteiger partial charge on any atom is 0.267 e. The van der Waals surface area contributed by atoms with Crippen LogP contribution in [0.2, 0.25) is 0 Å². The summed E-state index contributed by atoms with van der Waals surface area (Å²) < 4.78 is 2.16. The van der Waals surface area contributed by atoms with Crippen molar-refractivity contribution in [3.63, 3.8) is 0 Å². The second-order valence-electron chi connectivity index (χ2n) is 3.73. The van der Waals surface area contributed by atoms with E-state index in [4.69, 9.17) is 5.84 Å². The highest BCUT2D eigenvalue weighted by Gasteiger charge is 2.08. The van der Waals surface area contributed by atoms with Crippen molar-refractivity contribution in [2.45, 2.75) is 13.5 Å². The number of anilines is 1. The molecule has 0 bridgehead atoms. The average Bonchev–Trinajstić information content (AvgIpc) is 2.40. The van der Waals surface area contributed by atoms with Crippen molar-refractivity contribution in [1.82, 2.24) is 14.5 Å². The number of hydrogen-bond acceptors (Lipinski definition) is 5. The SMILES string of the molecule is Cc1ncn(Cc2cccnc2NN)c(=O)c1I. The lowest BCUT2D eigenvalue weighted by Gasteiger charge is -2.10. The van der Waals surface area contributed by atoms with Crippen LogP contribution in [0, 0.1) is 10.5 Å². The smallest absolute Gasteiger partial charge is 0.267 e. The summed E-state index contributed by atoms with van der Waals surface area (Å²) in [5, 5.41) is 0. The fraction of sp³-hybridized carbons (Fsp3) is 0.182. The molecule has 94 valence electrons. The first-order valence-electron chi connectivity index (χ1n) is 5.25. The Morgan fingerprint density at radius 2 is 2.28 bits per heavy atom. The summed E-state index contributed by atoms with van der Waals surface area (Å²) in [6, 6.07) is 3.66. The van der Waals surface area contributed by atoms with Crippen LogP contribution < -0.4 is 16.8 Å². The van der Waals surface area contributed by atoms with Crippen LogP contribution in [0.5, 0.6) is 0 Å². The lowest BCUT2D eigenvalue weighted by atomic mass is 10.2. The van der Waals surface area contributed by atoms with Crippen molar-refractivity contribution in [1.29, 1.82) is 0 Å². The van der Waals surface area contributed by atoms with E-state index in [0.717, 1.165) is 11.3 Å².